The van der Waals surface area contributed by atoms with Crippen molar-refractivity contribution in [1.82, 2.24) is 9.88 Å². The van der Waals surface area contributed by atoms with Crippen LogP contribution in [0, 0.1) is 0 Å². The van der Waals surface area contributed by atoms with Crippen molar-refractivity contribution in [3.63, 3.8) is 0 Å². The van der Waals surface area contributed by atoms with Gasteiger partial charge >= 0.3 is 0 Å². The van der Waals surface area contributed by atoms with E-state index in [4.69, 9.17) is 18.9 Å². The van der Waals surface area contributed by atoms with Gasteiger partial charge in [-0.3, -0.25) is 9.69 Å². The van der Waals surface area contributed by atoms with Crippen LogP contribution in [0.2, 0.25) is 0 Å². The Kier molecular flexibility index (Phi) is 6.62. The van der Waals surface area contributed by atoms with Crippen LogP contribution in [0.3, 0.4) is 0 Å². The standard InChI is InChI=1S/C24H27N3O4S/c1-5-30-17-10-7-12-20-21(17)25-24(32-20)27(14-8-13-26(2)3)23(28)19-15-16-9-6-11-18(29-4)22(16)31-19/h6-7,9-12,15H,5,8,13-14H2,1-4H3. The molecule has 168 valence electrons. The average Bonchev–Trinajstić information content (AvgIpc) is 3.41. The molecule has 1 amide bonds. The summed E-state index contributed by atoms with van der Waals surface area (Å²) in [5.74, 6) is 1.36. The maximum atomic E-state index is 13.6. The zero-order valence-corrected chi connectivity index (χ0v) is 19.6. The highest BCUT2D eigenvalue weighted by atomic mass is 32.1. The highest BCUT2D eigenvalue weighted by Crippen LogP contribution is 2.36. The molecule has 0 aliphatic heterocycles. The van der Waals surface area contributed by atoms with Crippen LogP contribution in [0.15, 0.2) is 46.9 Å². The van der Waals surface area contributed by atoms with Crippen LogP contribution in [-0.4, -0.2) is 56.7 Å². The Labute approximate surface area is 191 Å². The quantitative estimate of drug-likeness (QED) is 0.353. The number of hydrogen-bond donors (Lipinski definition) is 0. The van der Waals surface area contributed by atoms with Crippen LogP contribution in [0.1, 0.15) is 23.9 Å². The first kappa shape index (κ1) is 22.1. The van der Waals surface area contributed by atoms with Crippen LogP contribution in [0.5, 0.6) is 11.5 Å². The molecule has 0 radical (unpaired) electrons. The van der Waals surface area contributed by atoms with Gasteiger partial charge in [-0.2, -0.15) is 0 Å². The number of anilines is 1. The van der Waals surface area contributed by atoms with E-state index in [1.165, 1.54) is 11.3 Å². The largest absolute Gasteiger partial charge is 0.493 e. The van der Waals surface area contributed by atoms with E-state index in [2.05, 4.69) is 4.90 Å². The smallest absolute Gasteiger partial charge is 0.295 e. The summed E-state index contributed by atoms with van der Waals surface area (Å²) in [5, 5.41) is 1.45. The summed E-state index contributed by atoms with van der Waals surface area (Å²) in [4.78, 5) is 22.2. The van der Waals surface area contributed by atoms with Gasteiger partial charge in [-0.25, -0.2) is 4.98 Å². The molecule has 0 saturated heterocycles. The number of benzene rings is 2. The highest BCUT2D eigenvalue weighted by molar-refractivity contribution is 7.22. The van der Waals surface area contributed by atoms with E-state index in [-0.39, 0.29) is 11.7 Å². The number of para-hydroxylation sites is 2. The van der Waals surface area contributed by atoms with Crippen LogP contribution in [0.25, 0.3) is 21.2 Å². The molecule has 0 spiro atoms. The maximum absolute atomic E-state index is 13.6. The molecule has 2 aromatic carbocycles. The van der Waals surface area contributed by atoms with E-state index < -0.39 is 0 Å². The molecule has 4 aromatic rings. The third kappa shape index (κ3) is 4.42. The molecule has 2 heterocycles. The minimum absolute atomic E-state index is 0.223. The first-order valence-corrected chi connectivity index (χ1v) is 11.4. The molecule has 7 nitrogen and oxygen atoms in total. The van der Waals surface area contributed by atoms with Gasteiger partial charge in [0.1, 0.15) is 11.3 Å². The molecule has 0 atom stereocenters. The number of aromatic nitrogens is 1. The molecule has 0 fully saturated rings. The fourth-order valence-electron chi connectivity index (χ4n) is 3.56. The SMILES string of the molecule is CCOc1cccc2sc(N(CCCN(C)C)C(=O)c3cc4cccc(OC)c4o3)nc12. The first-order valence-electron chi connectivity index (χ1n) is 10.6. The van der Waals surface area contributed by atoms with Crippen molar-refractivity contribution in [3.05, 3.63) is 48.2 Å². The van der Waals surface area contributed by atoms with Crippen molar-refractivity contribution >= 4 is 43.6 Å². The lowest BCUT2D eigenvalue weighted by atomic mass is 10.2. The Balaban J connectivity index is 1.73. The zero-order valence-electron chi connectivity index (χ0n) is 18.8. The van der Waals surface area contributed by atoms with Gasteiger partial charge in [-0.15, -0.1) is 0 Å². The maximum Gasteiger partial charge on any atom is 0.295 e. The second kappa shape index (κ2) is 9.58. The van der Waals surface area contributed by atoms with Crippen LogP contribution in [-0.2, 0) is 0 Å². The van der Waals surface area contributed by atoms with Crippen LogP contribution >= 0.6 is 11.3 Å². The van der Waals surface area contributed by atoms with E-state index in [1.807, 2.05) is 57.4 Å². The number of thiazole rings is 1. The monoisotopic (exact) mass is 453 g/mol. The van der Waals surface area contributed by atoms with Crippen LogP contribution < -0.4 is 14.4 Å². The number of furan rings is 1. The average molecular weight is 454 g/mol. The number of nitrogens with zero attached hydrogens (tertiary/aromatic N) is 3. The normalized spacial score (nSPS) is 11.4. The first-order chi connectivity index (χ1) is 15.5. The third-order valence-electron chi connectivity index (χ3n) is 5.07. The lowest BCUT2D eigenvalue weighted by Crippen LogP contribution is -2.33. The molecule has 32 heavy (non-hydrogen) atoms. The van der Waals surface area contributed by atoms with Crippen molar-refractivity contribution < 1.29 is 18.7 Å². The van der Waals surface area contributed by atoms with E-state index in [1.54, 1.807) is 18.1 Å². The molecule has 0 aliphatic rings. The molecular formula is C24H27N3O4S. The number of ether oxygens (including phenoxy) is 2. The van der Waals surface area contributed by atoms with Crippen molar-refractivity contribution in [2.24, 2.45) is 0 Å². The van der Waals surface area contributed by atoms with Crippen molar-refractivity contribution in [1.29, 1.82) is 0 Å². The lowest BCUT2D eigenvalue weighted by Gasteiger charge is -2.19. The Morgan fingerprint density at radius 2 is 1.91 bits per heavy atom. The Morgan fingerprint density at radius 1 is 1.12 bits per heavy atom. The minimum atomic E-state index is -0.223. The lowest BCUT2D eigenvalue weighted by molar-refractivity contribution is 0.0961. The number of fused-ring (bicyclic) bond motifs is 2. The molecule has 0 aliphatic carbocycles. The summed E-state index contributed by atoms with van der Waals surface area (Å²) in [6.45, 7) is 3.87. The Bertz CT molecular complexity index is 1230. The van der Waals surface area contributed by atoms with Gasteiger partial charge in [0.15, 0.2) is 22.2 Å². The summed E-state index contributed by atoms with van der Waals surface area (Å²) < 4.78 is 18.0. The number of carbonyl (C=O) groups is 1. The van der Waals surface area contributed by atoms with Gasteiger partial charge < -0.3 is 18.8 Å². The predicted molar refractivity (Wildman–Crippen MR) is 128 cm³/mol. The van der Waals surface area contributed by atoms with E-state index in [0.717, 1.165) is 34.3 Å². The van der Waals surface area contributed by atoms with Gasteiger partial charge in [-0.05, 0) is 58.3 Å². The predicted octanol–water partition coefficient (Wildman–Crippen LogP) is 5.05. The second-order valence-electron chi connectivity index (χ2n) is 7.64. The van der Waals surface area contributed by atoms with Gasteiger partial charge in [0.2, 0.25) is 0 Å². The molecule has 0 saturated carbocycles. The fourth-order valence-corrected chi connectivity index (χ4v) is 4.57. The van der Waals surface area contributed by atoms with E-state index in [0.29, 0.717) is 29.6 Å². The molecule has 4 rings (SSSR count). The fraction of sp³-hybridized carbons (Fsp3) is 0.333. The number of amides is 1. The molecular weight excluding hydrogens is 426 g/mol. The third-order valence-corrected chi connectivity index (χ3v) is 6.12. The van der Waals surface area contributed by atoms with Crippen molar-refractivity contribution in [2.45, 2.75) is 13.3 Å². The van der Waals surface area contributed by atoms with Crippen molar-refractivity contribution in [3.8, 4) is 11.5 Å². The molecule has 8 heteroatoms. The minimum Gasteiger partial charge on any atom is -0.493 e. The Hall–Kier alpha value is -3.10. The Morgan fingerprint density at radius 3 is 2.66 bits per heavy atom. The summed E-state index contributed by atoms with van der Waals surface area (Å²) in [7, 11) is 5.62. The molecule has 0 unspecified atom stereocenters. The van der Waals surface area contributed by atoms with E-state index >= 15 is 0 Å². The second-order valence-corrected chi connectivity index (χ2v) is 8.64. The van der Waals surface area contributed by atoms with Crippen molar-refractivity contribution in [2.75, 3.05) is 45.8 Å². The van der Waals surface area contributed by atoms with E-state index in [9.17, 15) is 4.79 Å². The summed E-state index contributed by atoms with van der Waals surface area (Å²) in [6.07, 6.45) is 0.802. The van der Waals surface area contributed by atoms with Gasteiger partial charge in [0.25, 0.3) is 5.91 Å². The summed E-state index contributed by atoms with van der Waals surface area (Å²) in [6, 6.07) is 13.2. The topological polar surface area (TPSA) is 68.0 Å². The highest BCUT2D eigenvalue weighted by Gasteiger charge is 2.25. The number of carbonyl (C=O) groups excluding carboxylic acids is 1. The summed E-state index contributed by atoms with van der Waals surface area (Å²) in [5.41, 5.74) is 1.33. The number of rotatable bonds is 9. The van der Waals surface area contributed by atoms with Gasteiger partial charge in [0, 0.05) is 11.9 Å². The summed E-state index contributed by atoms with van der Waals surface area (Å²) >= 11 is 1.48. The van der Waals surface area contributed by atoms with Gasteiger partial charge in [0.05, 0.1) is 18.4 Å². The number of hydrogen-bond acceptors (Lipinski definition) is 7. The molecule has 2 aromatic heterocycles. The van der Waals surface area contributed by atoms with Gasteiger partial charge in [-0.1, -0.05) is 29.5 Å². The number of methoxy groups -OCH3 is 1. The molecule has 0 N–H and O–H groups in total. The zero-order chi connectivity index (χ0) is 22.7. The van der Waals surface area contributed by atoms with Crippen LogP contribution in [0.4, 0.5) is 5.13 Å². The molecule has 0 bridgehead atoms.